The summed E-state index contributed by atoms with van der Waals surface area (Å²) in [6.07, 6.45) is 9.89. The average Bonchev–Trinajstić information content (AvgIpc) is 3.18. The van der Waals surface area contributed by atoms with Crippen molar-refractivity contribution in [2.75, 3.05) is 26.2 Å². The minimum Gasteiger partial charge on any atom is -0.314 e. The molecule has 1 N–H and O–H groups in total. The summed E-state index contributed by atoms with van der Waals surface area (Å²) in [7, 11) is 0. The maximum absolute atomic E-state index is 3.60. The molecule has 0 unspecified atom stereocenters. The quantitative estimate of drug-likeness (QED) is 0.667. The van der Waals surface area contributed by atoms with Gasteiger partial charge in [0.25, 0.3) is 0 Å². The van der Waals surface area contributed by atoms with Gasteiger partial charge in [0, 0.05) is 6.04 Å². The van der Waals surface area contributed by atoms with Gasteiger partial charge in [-0.15, -0.1) is 0 Å². The molecule has 0 aromatic heterocycles. The number of likely N-dealkylation sites (tertiary alicyclic amines) is 1. The number of nitrogens with one attached hydrogen (secondary N) is 1. The van der Waals surface area contributed by atoms with E-state index in [4.69, 9.17) is 0 Å². The monoisotopic (exact) mass is 252 g/mol. The highest BCUT2D eigenvalue weighted by Gasteiger charge is 2.21. The number of rotatable bonds is 8. The predicted molar refractivity (Wildman–Crippen MR) is 78.9 cm³/mol. The molecule has 0 atom stereocenters. The first-order valence-corrected chi connectivity index (χ1v) is 8.21. The minimum atomic E-state index is 0.889. The molecule has 0 aromatic carbocycles. The molecule has 0 spiro atoms. The van der Waals surface area contributed by atoms with Crippen LogP contribution in [0.15, 0.2) is 0 Å². The average molecular weight is 252 g/mol. The van der Waals surface area contributed by atoms with E-state index in [0.717, 1.165) is 17.9 Å². The van der Waals surface area contributed by atoms with Crippen molar-refractivity contribution < 1.29 is 0 Å². The van der Waals surface area contributed by atoms with Crippen LogP contribution in [-0.4, -0.2) is 37.1 Å². The zero-order chi connectivity index (χ0) is 12.8. The van der Waals surface area contributed by atoms with Gasteiger partial charge in [-0.05, 0) is 76.5 Å². The van der Waals surface area contributed by atoms with Crippen LogP contribution in [0.2, 0.25) is 0 Å². The summed E-state index contributed by atoms with van der Waals surface area (Å²) in [5.74, 6) is 1.88. The second-order valence-corrected chi connectivity index (χ2v) is 6.71. The van der Waals surface area contributed by atoms with Crippen molar-refractivity contribution in [2.45, 2.75) is 64.8 Å². The van der Waals surface area contributed by atoms with Crippen LogP contribution in [0.5, 0.6) is 0 Å². The molecular formula is C16H32N2. The van der Waals surface area contributed by atoms with Crippen LogP contribution in [-0.2, 0) is 0 Å². The summed E-state index contributed by atoms with van der Waals surface area (Å²) < 4.78 is 0. The van der Waals surface area contributed by atoms with Gasteiger partial charge in [-0.1, -0.05) is 20.3 Å². The molecule has 1 heterocycles. The van der Waals surface area contributed by atoms with E-state index in [9.17, 15) is 0 Å². The highest BCUT2D eigenvalue weighted by atomic mass is 15.1. The lowest BCUT2D eigenvalue weighted by Crippen LogP contribution is -2.35. The molecule has 0 amide bonds. The first kappa shape index (κ1) is 14.3. The van der Waals surface area contributed by atoms with Crippen molar-refractivity contribution in [1.29, 1.82) is 0 Å². The van der Waals surface area contributed by atoms with E-state index in [-0.39, 0.29) is 0 Å². The highest BCUT2D eigenvalue weighted by Crippen LogP contribution is 2.24. The Morgan fingerprint density at radius 3 is 2.33 bits per heavy atom. The number of nitrogens with zero attached hydrogens (tertiary/aromatic N) is 1. The lowest BCUT2D eigenvalue weighted by Gasteiger charge is -2.33. The Kier molecular flexibility index (Phi) is 5.97. The number of piperidine rings is 1. The minimum absolute atomic E-state index is 0.889. The molecule has 1 aliphatic carbocycles. The van der Waals surface area contributed by atoms with Crippen LogP contribution in [0.25, 0.3) is 0 Å². The van der Waals surface area contributed by atoms with Crippen LogP contribution < -0.4 is 5.32 Å². The van der Waals surface area contributed by atoms with Crippen molar-refractivity contribution in [3.05, 3.63) is 0 Å². The standard InChI is InChI=1S/C16H32N2/c1-14(2)15-8-12-18(13-9-15)11-5-3-4-10-17-16-6-7-16/h14-17H,3-13H2,1-2H3. The zero-order valence-corrected chi connectivity index (χ0v) is 12.5. The summed E-state index contributed by atoms with van der Waals surface area (Å²) in [5, 5.41) is 3.60. The Morgan fingerprint density at radius 2 is 1.72 bits per heavy atom. The summed E-state index contributed by atoms with van der Waals surface area (Å²) >= 11 is 0. The molecule has 2 fully saturated rings. The van der Waals surface area contributed by atoms with E-state index >= 15 is 0 Å². The third-order valence-electron chi connectivity index (χ3n) is 4.74. The molecule has 2 heteroatoms. The molecule has 0 radical (unpaired) electrons. The summed E-state index contributed by atoms with van der Waals surface area (Å²) in [5.41, 5.74) is 0. The highest BCUT2D eigenvalue weighted by molar-refractivity contribution is 4.80. The molecule has 1 saturated heterocycles. The Balaban J connectivity index is 1.42. The van der Waals surface area contributed by atoms with E-state index in [1.807, 2.05) is 0 Å². The third kappa shape index (κ3) is 5.27. The summed E-state index contributed by atoms with van der Waals surface area (Å²) in [6.45, 7) is 10.1. The zero-order valence-electron chi connectivity index (χ0n) is 12.5. The molecule has 0 aromatic rings. The fourth-order valence-corrected chi connectivity index (χ4v) is 3.07. The maximum atomic E-state index is 3.60. The molecule has 18 heavy (non-hydrogen) atoms. The molecule has 1 saturated carbocycles. The SMILES string of the molecule is CC(C)C1CCN(CCCCCNC2CC2)CC1. The Labute approximate surface area is 114 Å². The van der Waals surface area contributed by atoms with Gasteiger partial charge in [-0.3, -0.25) is 0 Å². The third-order valence-corrected chi connectivity index (χ3v) is 4.74. The lowest BCUT2D eigenvalue weighted by atomic mass is 9.87. The van der Waals surface area contributed by atoms with Crippen LogP contribution in [0, 0.1) is 11.8 Å². The first-order chi connectivity index (χ1) is 8.75. The largest absolute Gasteiger partial charge is 0.314 e. The van der Waals surface area contributed by atoms with Crippen molar-refractivity contribution in [3.63, 3.8) is 0 Å². The first-order valence-electron chi connectivity index (χ1n) is 8.21. The van der Waals surface area contributed by atoms with Crippen molar-refractivity contribution in [3.8, 4) is 0 Å². The lowest BCUT2D eigenvalue weighted by molar-refractivity contribution is 0.156. The molecule has 0 bridgehead atoms. The number of unbranched alkanes of at least 4 members (excludes halogenated alkanes) is 2. The van der Waals surface area contributed by atoms with Crippen LogP contribution in [0.1, 0.15) is 58.8 Å². The molecule has 2 rings (SSSR count). The van der Waals surface area contributed by atoms with Gasteiger partial charge in [0.15, 0.2) is 0 Å². The number of hydrogen-bond acceptors (Lipinski definition) is 2. The second-order valence-electron chi connectivity index (χ2n) is 6.71. The van der Waals surface area contributed by atoms with Gasteiger partial charge in [0.05, 0.1) is 0 Å². The smallest absolute Gasteiger partial charge is 0.00682 e. The Morgan fingerprint density at radius 1 is 1.00 bits per heavy atom. The van der Waals surface area contributed by atoms with Gasteiger partial charge in [0.2, 0.25) is 0 Å². The molecule has 2 nitrogen and oxygen atoms in total. The summed E-state index contributed by atoms with van der Waals surface area (Å²) in [6, 6.07) is 0.889. The van der Waals surface area contributed by atoms with Crippen molar-refractivity contribution in [1.82, 2.24) is 10.2 Å². The molecule has 1 aliphatic heterocycles. The predicted octanol–water partition coefficient (Wildman–Crippen LogP) is 3.28. The van der Waals surface area contributed by atoms with Crippen LogP contribution >= 0.6 is 0 Å². The van der Waals surface area contributed by atoms with Crippen LogP contribution in [0.3, 0.4) is 0 Å². The van der Waals surface area contributed by atoms with Gasteiger partial charge >= 0.3 is 0 Å². The number of hydrogen-bond donors (Lipinski definition) is 1. The van der Waals surface area contributed by atoms with Gasteiger partial charge in [-0.2, -0.15) is 0 Å². The fourth-order valence-electron chi connectivity index (χ4n) is 3.07. The van der Waals surface area contributed by atoms with E-state index in [1.54, 1.807) is 0 Å². The Bertz CT molecular complexity index is 215. The van der Waals surface area contributed by atoms with E-state index < -0.39 is 0 Å². The van der Waals surface area contributed by atoms with Gasteiger partial charge in [-0.25, -0.2) is 0 Å². The van der Waals surface area contributed by atoms with Crippen molar-refractivity contribution in [2.24, 2.45) is 11.8 Å². The molecule has 2 aliphatic rings. The van der Waals surface area contributed by atoms with Gasteiger partial charge < -0.3 is 10.2 Å². The van der Waals surface area contributed by atoms with Crippen LogP contribution in [0.4, 0.5) is 0 Å². The second kappa shape index (κ2) is 7.49. The summed E-state index contributed by atoms with van der Waals surface area (Å²) in [4.78, 5) is 2.69. The van der Waals surface area contributed by atoms with Gasteiger partial charge in [0.1, 0.15) is 0 Å². The molecular weight excluding hydrogens is 220 g/mol. The topological polar surface area (TPSA) is 15.3 Å². The van der Waals surface area contributed by atoms with E-state index in [1.165, 1.54) is 71.1 Å². The molecule has 106 valence electrons. The van der Waals surface area contributed by atoms with E-state index in [0.29, 0.717) is 0 Å². The maximum Gasteiger partial charge on any atom is 0.00682 e. The normalized spacial score (nSPS) is 22.8. The Hall–Kier alpha value is -0.0800. The fraction of sp³-hybridized carbons (Fsp3) is 1.00. The van der Waals surface area contributed by atoms with E-state index in [2.05, 4.69) is 24.1 Å². The van der Waals surface area contributed by atoms with Crippen molar-refractivity contribution >= 4 is 0 Å².